The molecule has 0 aliphatic heterocycles. The third-order valence-electron chi connectivity index (χ3n) is 3.06. The number of ether oxygens (including phenoxy) is 1. The summed E-state index contributed by atoms with van der Waals surface area (Å²) in [5, 5.41) is 10.8. The molecule has 0 amide bonds. The minimum absolute atomic E-state index is 0.138. The molecule has 21 heavy (non-hydrogen) atoms. The van der Waals surface area contributed by atoms with Crippen molar-refractivity contribution in [1.29, 1.82) is 0 Å². The third kappa shape index (κ3) is 4.81. The lowest BCUT2D eigenvalue weighted by Crippen LogP contribution is -2.83. The fourth-order valence-corrected chi connectivity index (χ4v) is 2.38. The second-order valence-electron chi connectivity index (χ2n) is 4.64. The summed E-state index contributed by atoms with van der Waals surface area (Å²) in [5.41, 5.74) is 1.54. The molecule has 0 aromatic heterocycles. The molecule has 0 bridgehead atoms. The van der Waals surface area contributed by atoms with Gasteiger partial charge in [-0.3, -0.25) is 0 Å². The Morgan fingerprint density at radius 2 is 1.95 bits per heavy atom. The Bertz CT molecular complexity index is 592. The summed E-state index contributed by atoms with van der Waals surface area (Å²) >= 11 is 3.43. The summed E-state index contributed by atoms with van der Waals surface area (Å²) in [6.07, 6.45) is 0. The van der Waals surface area contributed by atoms with E-state index in [1.54, 1.807) is 18.2 Å². The second-order valence-corrected chi connectivity index (χ2v) is 5.55. The van der Waals surface area contributed by atoms with E-state index in [0.29, 0.717) is 18.7 Å². The van der Waals surface area contributed by atoms with E-state index < -0.39 is 0 Å². The van der Waals surface area contributed by atoms with Crippen molar-refractivity contribution in [3.63, 3.8) is 0 Å². The van der Waals surface area contributed by atoms with Crippen molar-refractivity contribution in [1.82, 2.24) is 0 Å². The molecule has 0 heterocycles. The van der Waals surface area contributed by atoms with Crippen LogP contribution in [0.25, 0.3) is 0 Å². The summed E-state index contributed by atoms with van der Waals surface area (Å²) in [5.74, 6) is 0.471. The summed E-state index contributed by atoms with van der Waals surface area (Å²) in [4.78, 5) is 0. The molecule has 0 atom stereocenters. The molecule has 0 radical (unpaired) electrons. The predicted octanol–water partition coefficient (Wildman–Crippen LogP) is 2.22. The Balaban J connectivity index is 2.06. The minimum Gasteiger partial charge on any atom is -0.488 e. The highest BCUT2D eigenvalue weighted by molar-refractivity contribution is 9.10. The first kappa shape index (κ1) is 15.9. The van der Waals surface area contributed by atoms with Gasteiger partial charge in [0, 0.05) is 15.6 Å². The van der Waals surface area contributed by atoms with E-state index in [2.05, 4.69) is 15.9 Å². The SMILES string of the molecule is OCC[NH2+]Cc1cc(Br)ccc1OCc1ccccc1F. The maximum absolute atomic E-state index is 13.6. The monoisotopic (exact) mass is 354 g/mol. The van der Waals surface area contributed by atoms with E-state index in [1.165, 1.54) is 6.07 Å². The Morgan fingerprint density at radius 3 is 2.71 bits per heavy atom. The fraction of sp³-hybridized carbons (Fsp3) is 0.250. The van der Waals surface area contributed by atoms with E-state index in [1.807, 2.05) is 23.5 Å². The number of aliphatic hydroxyl groups is 1. The van der Waals surface area contributed by atoms with Gasteiger partial charge in [0.05, 0.1) is 13.2 Å². The van der Waals surface area contributed by atoms with Crippen molar-refractivity contribution in [2.75, 3.05) is 13.2 Å². The maximum Gasteiger partial charge on any atom is 0.129 e. The van der Waals surface area contributed by atoms with Gasteiger partial charge in [0.1, 0.15) is 24.7 Å². The lowest BCUT2D eigenvalue weighted by molar-refractivity contribution is -0.671. The summed E-state index contributed by atoms with van der Waals surface area (Å²) in [6.45, 7) is 1.67. The summed E-state index contributed by atoms with van der Waals surface area (Å²) in [7, 11) is 0. The van der Waals surface area contributed by atoms with Crippen LogP contribution in [0.15, 0.2) is 46.9 Å². The average Bonchev–Trinajstić information content (AvgIpc) is 2.48. The number of halogens is 2. The molecule has 3 N–H and O–H groups in total. The van der Waals surface area contributed by atoms with Crippen LogP contribution in [-0.2, 0) is 13.2 Å². The maximum atomic E-state index is 13.6. The molecule has 0 saturated carbocycles. The smallest absolute Gasteiger partial charge is 0.129 e. The van der Waals surface area contributed by atoms with Crippen LogP contribution in [-0.4, -0.2) is 18.3 Å². The van der Waals surface area contributed by atoms with Crippen LogP contribution in [0.3, 0.4) is 0 Å². The Morgan fingerprint density at radius 1 is 1.14 bits per heavy atom. The minimum atomic E-state index is -0.261. The highest BCUT2D eigenvalue weighted by atomic mass is 79.9. The van der Waals surface area contributed by atoms with Crippen LogP contribution in [0, 0.1) is 5.82 Å². The van der Waals surface area contributed by atoms with Gasteiger partial charge in [-0.1, -0.05) is 34.1 Å². The first-order valence-electron chi connectivity index (χ1n) is 6.78. The second kappa shape index (κ2) is 8.12. The van der Waals surface area contributed by atoms with Crippen molar-refractivity contribution in [3.8, 4) is 5.75 Å². The Labute approximate surface area is 131 Å². The zero-order valence-electron chi connectivity index (χ0n) is 11.6. The first-order chi connectivity index (χ1) is 10.2. The fourth-order valence-electron chi connectivity index (χ4n) is 1.97. The van der Waals surface area contributed by atoms with Gasteiger partial charge >= 0.3 is 0 Å². The Kier molecular flexibility index (Phi) is 6.17. The zero-order chi connectivity index (χ0) is 15.1. The van der Waals surface area contributed by atoms with E-state index in [9.17, 15) is 4.39 Å². The van der Waals surface area contributed by atoms with Crippen LogP contribution in [0.4, 0.5) is 4.39 Å². The van der Waals surface area contributed by atoms with Gasteiger partial charge in [-0.15, -0.1) is 0 Å². The van der Waals surface area contributed by atoms with Crippen molar-refractivity contribution in [3.05, 3.63) is 63.9 Å². The van der Waals surface area contributed by atoms with Gasteiger partial charge < -0.3 is 15.2 Å². The van der Waals surface area contributed by atoms with Crippen LogP contribution in [0.5, 0.6) is 5.75 Å². The lowest BCUT2D eigenvalue weighted by Gasteiger charge is -2.12. The number of rotatable bonds is 7. The average molecular weight is 355 g/mol. The highest BCUT2D eigenvalue weighted by Gasteiger charge is 2.08. The molecule has 0 fully saturated rings. The lowest BCUT2D eigenvalue weighted by atomic mass is 10.2. The number of benzene rings is 2. The van der Waals surface area contributed by atoms with Gasteiger partial charge in [0.15, 0.2) is 0 Å². The number of hydrogen-bond donors (Lipinski definition) is 2. The highest BCUT2D eigenvalue weighted by Crippen LogP contribution is 2.23. The van der Waals surface area contributed by atoms with Crippen LogP contribution < -0.4 is 10.1 Å². The molecule has 0 aliphatic rings. The van der Waals surface area contributed by atoms with Crippen LogP contribution >= 0.6 is 15.9 Å². The first-order valence-corrected chi connectivity index (χ1v) is 7.57. The van der Waals surface area contributed by atoms with Gasteiger partial charge in [0.2, 0.25) is 0 Å². The molecule has 3 nitrogen and oxygen atoms in total. The van der Waals surface area contributed by atoms with E-state index >= 15 is 0 Å². The van der Waals surface area contributed by atoms with Crippen LogP contribution in [0.2, 0.25) is 0 Å². The van der Waals surface area contributed by atoms with Crippen molar-refractivity contribution in [2.45, 2.75) is 13.2 Å². The molecule has 0 aliphatic carbocycles. The molecular formula is C16H18BrFNO2+. The van der Waals surface area contributed by atoms with Crippen molar-refractivity contribution >= 4 is 15.9 Å². The molecule has 0 spiro atoms. The van der Waals surface area contributed by atoms with Crippen LogP contribution in [0.1, 0.15) is 11.1 Å². The third-order valence-corrected chi connectivity index (χ3v) is 3.55. The van der Waals surface area contributed by atoms with Gasteiger partial charge in [-0.2, -0.15) is 0 Å². The van der Waals surface area contributed by atoms with E-state index in [0.717, 1.165) is 15.8 Å². The molecule has 2 aromatic rings. The molecule has 0 saturated heterocycles. The van der Waals surface area contributed by atoms with Crippen molar-refractivity contribution < 1.29 is 19.6 Å². The molecule has 0 unspecified atom stereocenters. The predicted molar refractivity (Wildman–Crippen MR) is 82.5 cm³/mol. The molecule has 2 aromatic carbocycles. The van der Waals surface area contributed by atoms with E-state index in [-0.39, 0.29) is 19.0 Å². The van der Waals surface area contributed by atoms with Gasteiger partial charge in [-0.05, 0) is 24.3 Å². The molecule has 2 rings (SSSR count). The molecular weight excluding hydrogens is 337 g/mol. The number of hydrogen-bond acceptors (Lipinski definition) is 2. The summed E-state index contributed by atoms with van der Waals surface area (Å²) in [6, 6.07) is 12.3. The van der Waals surface area contributed by atoms with Crippen molar-refractivity contribution in [2.24, 2.45) is 0 Å². The van der Waals surface area contributed by atoms with Gasteiger partial charge in [0.25, 0.3) is 0 Å². The largest absolute Gasteiger partial charge is 0.488 e. The Hall–Kier alpha value is -1.43. The normalized spacial score (nSPS) is 10.6. The molecule has 5 heteroatoms. The number of aliphatic hydroxyl groups excluding tert-OH is 1. The molecule has 112 valence electrons. The topological polar surface area (TPSA) is 46.1 Å². The number of quaternary nitrogens is 1. The van der Waals surface area contributed by atoms with Gasteiger partial charge in [-0.25, -0.2) is 4.39 Å². The van der Waals surface area contributed by atoms with E-state index in [4.69, 9.17) is 9.84 Å². The summed E-state index contributed by atoms with van der Waals surface area (Å²) < 4.78 is 20.3. The zero-order valence-corrected chi connectivity index (χ0v) is 13.1. The quantitative estimate of drug-likeness (QED) is 0.749. The standard InChI is InChI=1S/C16H17BrFNO2/c17-14-5-6-16(13(9-14)10-19-7-8-20)21-11-12-3-1-2-4-15(12)18/h1-6,9,19-20H,7-8,10-11H2/p+1. The number of nitrogens with two attached hydrogens (primary N) is 1.